The Labute approximate surface area is 121 Å². The monoisotopic (exact) mass is 292 g/mol. The van der Waals surface area contributed by atoms with Crippen molar-refractivity contribution < 1.29 is 18.3 Å². The fraction of sp³-hybridized carbons (Fsp3) is 0.333. The van der Waals surface area contributed by atoms with Gasteiger partial charge in [0.25, 0.3) is 5.91 Å². The van der Waals surface area contributed by atoms with Crippen LogP contribution in [0, 0.1) is 23.0 Å². The highest BCUT2D eigenvalue weighted by Crippen LogP contribution is 2.16. The standard InChI is InChI=1S/C15H14F2N2O2/c16-13-4-1-5-14(17)12(13)7-10(8-18)15(20)19-9-11-3-2-6-21-11/h1,4-5,7,11H,2-3,6,9H2,(H,19,20)/b10-7+. The average Bonchev–Trinajstić information content (AvgIpc) is 2.98. The summed E-state index contributed by atoms with van der Waals surface area (Å²) in [5.41, 5.74) is -0.752. The lowest BCUT2D eigenvalue weighted by Gasteiger charge is -2.10. The first-order valence-electron chi connectivity index (χ1n) is 6.57. The van der Waals surface area contributed by atoms with E-state index in [1.54, 1.807) is 6.07 Å². The van der Waals surface area contributed by atoms with Crippen LogP contribution in [0.1, 0.15) is 18.4 Å². The third-order valence-corrected chi connectivity index (χ3v) is 3.17. The van der Waals surface area contributed by atoms with E-state index in [9.17, 15) is 13.6 Å². The largest absolute Gasteiger partial charge is 0.376 e. The Kier molecular flexibility index (Phi) is 5.01. The van der Waals surface area contributed by atoms with Crippen molar-refractivity contribution in [3.8, 4) is 6.07 Å². The molecule has 0 bridgehead atoms. The number of carbonyl (C=O) groups excluding carboxylic acids is 1. The normalized spacial score (nSPS) is 18.3. The van der Waals surface area contributed by atoms with E-state index in [0.29, 0.717) is 6.61 Å². The van der Waals surface area contributed by atoms with Crippen LogP contribution in [0.4, 0.5) is 8.78 Å². The molecule has 0 aromatic heterocycles. The Morgan fingerprint density at radius 3 is 2.76 bits per heavy atom. The molecule has 0 radical (unpaired) electrons. The summed E-state index contributed by atoms with van der Waals surface area (Å²) in [6.07, 6.45) is 2.62. The van der Waals surface area contributed by atoms with Crippen molar-refractivity contribution in [1.82, 2.24) is 5.32 Å². The Balaban J connectivity index is 2.09. The summed E-state index contributed by atoms with van der Waals surface area (Å²) < 4.78 is 32.3. The third-order valence-electron chi connectivity index (χ3n) is 3.17. The number of nitriles is 1. The quantitative estimate of drug-likeness (QED) is 0.683. The van der Waals surface area contributed by atoms with Gasteiger partial charge in [0.1, 0.15) is 23.3 Å². The Morgan fingerprint density at radius 1 is 1.48 bits per heavy atom. The van der Waals surface area contributed by atoms with E-state index < -0.39 is 23.1 Å². The lowest BCUT2D eigenvalue weighted by molar-refractivity contribution is -0.117. The molecule has 21 heavy (non-hydrogen) atoms. The molecule has 6 heteroatoms. The minimum Gasteiger partial charge on any atom is -0.376 e. The summed E-state index contributed by atoms with van der Waals surface area (Å²) in [6, 6.07) is 5.00. The lowest BCUT2D eigenvalue weighted by atomic mass is 10.1. The molecule has 1 fully saturated rings. The maximum absolute atomic E-state index is 13.5. The van der Waals surface area contributed by atoms with Crippen LogP contribution in [0.2, 0.25) is 0 Å². The first-order chi connectivity index (χ1) is 10.1. The van der Waals surface area contributed by atoms with Crippen molar-refractivity contribution in [2.75, 3.05) is 13.2 Å². The van der Waals surface area contributed by atoms with Gasteiger partial charge in [-0.2, -0.15) is 5.26 Å². The van der Waals surface area contributed by atoms with E-state index in [1.807, 2.05) is 0 Å². The number of nitrogens with one attached hydrogen (secondary N) is 1. The summed E-state index contributed by atoms with van der Waals surface area (Å²) in [5.74, 6) is -2.32. The number of hydrogen-bond donors (Lipinski definition) is 1. The zero-order valence-electron chi connectivity index (χ0n) is 11.2. The molecule has 0 aliphatic carbocycles. The topological polar surface area (TPSA) is 62.1 Å². The third kappa shape index (κ3) is 3.86. The van der Waals surface area contributed by atoms with Crippen molar-refractivity contribution in [3.63, 3.8) is 0 Å². The number of benzene rings is 1. The number of nitrogens with zero attached hydrogens (tertiary/aromatic N) is 1. The highest BCUT2D eigenvalue weighted by molar-refractivity contribution is 6.01. The molecule has 1 atom stereocenters. The number of rotatable bonds is 4. The maximum atomic E-state index is 13.5. The van der Waals surface area contributed by atoms with E-state index in [2.05, 4.69) is 5.32 Å². The molecule has 4 nitrogen and oxygen atoms in total. The smallest absolute Gasteiger partial charge is 0.262 e. The van der Waals surface area contributed by atoms with E-state index in [0.717, 1.165) is 31.1 Å². The van der Waals surface area contributed by atoms with E-state index in [-0.39, 0.29) is 18.2 Å². The van der Waals surface area contributed by atoms with Gasteiger partial charge in [-0.05, 0) is 31.1 Å². The van der Waals surface area contributed by atoms with Crippen LogP contribution in [-0.2, 0) is 9.53 Å². The Morgan fingerprint density at radius 2 is 2.19 bits per heavy atom. The van der Waals surface area contributed by atoms with Gasteiger partial charge in [0, 0.05) is 18.7 Å². The molecule has 1 saturated heterocycles. The number of ether oxygens (including phenoxy) is 1. The molecule has 110 valence electrons. The molecule has 2 rings (SSSR count). The van der Waals surface area contributed by atoms with Gasteiger partial charge in [-0.15, -0.1) is 0 Å². The van der Waals surface area contributed by atoms with Gasteiger partial charge in [-0.1, -0.05) is 6.07 Å². The molecule has 1 amide bonds. The van der Waals surface area contributed by atoms with Crippen LogP contribution in [0.5, 0.6) is 0 Å². The second-order valence-electron chi connectivity index (χ2n) is 4.65. The molecule has 1 aromatic carbocycles. The van der Waals surface area contributed by atoms with Gasteiger partial charge in [-0.25, -0.2) is 8.78 Å². The molecule has 1 unspecified atom stereocenters. The number of halogens is 2. The summed E-state index contributed by atoms with van der Waals surface area (Å²) >= 11 is 0. The van der Waals surface area contributed by atoms with Gasteiger partial charge in [0.05, 0.1) is 6.10 Å². The van der Waals surface area contributed by atoms with Crippen molar-refractivity contribution in [3.05, 3.63) is 41.0 Å². The molecular weight excluding hydrogens is 278 g/mol. The summed E-state index contributed by atoms with van der Waals surface area (Å²) in [6.45, 7) is 0.930. The molecule has 0 spiro atoms. The van der Waals surface area contributed by atoms with Crippen LogP contribution in [0.15, 0.2) is 23.8 Å². The number of amides is 1. The van der Waals surface area contributed by atoms with Crippen LogP contribution in [0.25, 0.3) is 6.08 Å². The Hall–Kier alpha value is -2.26. The number of carbonyl (C=O) groups is 1. The zero-order valence-corrected chi connectivity index (χ0v) is 11.2. The first kappa shape index (κ1) is 15.1. The van der Waals surface area contributed by atoms with E-state index in [4.69, 9.17) is 10.00 Å². The molecule has 1 heterocycles. The minimum absolute atomic E-state index is 0.0703. The van der Waals surface area contributed by atoms with Crippen LogP contribution >= 0.6 is 0 Å². The first-order valence-corrected chi connectivity index (χ1v) is 6.57. The summed E-state index contributed by atoms with van der Waals surface area (Å²) in [7, 11) is 0. The summed E-state index contributed by atoms with van der Waals surface area (Å²) in [5, 5.41) is 11.5. The van der Waals surface area contributed by atoms with Gasteiger partial charge in [-0.3, -0.25) is 4.79 Å². The second-order valence-corrected chi connectivity index (χ2v) is 4.65. The van der Waals surface area contributed by atoms with Gasteiger partial charge < -0.3 is 10.1 Å². The minimum atomic E-state index is -0.824. The van der Waals surface area contributed by atoms with Crippen molar-refractivity contribution in [1.29, 1.82) is 5.26 Å². The fourth-order valence-electron chi connectivity index (χ4n) is 2.05. The molecule has 1 aromatic rings. The molecular formula is C15H14F2N2O2. The van der Waals surface area contributed by atoms with E-state index in [1.165, 1.54) is 6.07 Å². The second kappa shape index (κ2) is 6.95. The Bertz CT molecular complexity index is 582. The zero-order chi connectivity index (χ0) is 15.2. The number of hydrogen-bond acceptors (Lipinski definition) is 3. The van der Waals surface area contributed by atoms with Crippen molar-refractivity contribution in [2.24, 2.45) is 0 Å². The predicted molar refractivity (Wildman–Crippen MR) is 71.9 cm³/mol. The summed E-state index contributed by atoms with van der Waals surface area (Å²) in [4.78, 5) is 11.9. The van der Waals surface area contributed by atoms with E-state index >= 15 is 0 Å². The highest BCUT2D eigenvalue weighted by Gasteiger charge is 2.18. The highest BCUT2D eigenvalue weighted by atomic mass is 19.1. The van der Waals surface area contributed by atoms with Crippen LogP contribution < -0.4 is 5.32 Å². The van der Waals surface area contributed by atoms with Crippen molar-refractivity contribution in [2.45, 2.75) is 18.9 Å². The average molecular weight is 292 g/mol. The van der Waals surface area contributed by atoms with Crippen LogP contribution in [0.3, 0.4) is 0 Å². The molecule has 1 N–H and O–H groups in total. The fourth-order valence-corrected chi connectivity index (χ4v) is 2.05. The van der Waals surface area contributed by atoms with Gasteiger partial charge >= 0.3 is 0 Å². The molecule has 1 aliphatic heterocycles. The maximum Gasteiger partial charge on any atom is 0.262 e. The van der Waals surface area contributed by atoms with Gasteiger partial charge in [0.15, 0.2) is 0 Å². The SMILES string of the molecule is N#C/C(=C\c1c(F)cccc1F)C(=O)NCC1CCCO1. The van der Waals surface area contributed by atoms with Crippen molar-refractivity contribution >= 4 is 12.0 Å². The predicted octanol–water partition coefficient (Wildman–Crippen LogP) is 2.17. The van der Waals surface area contributed by atoms with Crippen LogP contribution in [-0.4, -0.2) is 25.2 Å². The van der Waals surface area contributed by atoms with Gasteiger partial charge in [0.2, 0.25) is 0 Å². The lowest BCUT2D eigenvalue weighted by Crippen LogP contribution is -2.32. The molecule has 1 aliphatic rings. The molecule has 0 saturated carbocycles.